The first-order valence-corrected chi connectivity index (χ1v) is 12.7. The Hall–Kier alpha value is -3.93. The summed E-state index contributed by atoms with van der Waals surface area (Å²) in [6.45, 7) is 2.57. The second-order valence-corrected chi connectivity index (χ2v) is 9.82. The van der Waals surface area contributed by atoms with Crippen LogP contribution >= 0.6 is 0 Å². The van der Waals surface area contributed by atoms with Gasteiger partial charge in [-0.15, -0.1) is 0 Å². The highest BCUT2D eigenvalue weighted by atomic mass is 16.2. The van der Waals surface area contributed by atoms with E-state index < -0.39 is 0 Å². The molecule has 3 N–H and O–H groups in total. The van der Waals surface area contributed by atoms with Crippen LogP contribution < -0.4 is 10.6 Å². The molecule has 1 aromatic heterocycles. The average Bonchev–Trinajstić information content (AvgIpc) is 3.48. The van der Waals surface area contributed by atoms with Crippen molar-refractivity contribution in [2.24, 2.45) is 0 Å². The van der Waals surface area contributed by atoms with Crippen LogP contribution in [0.3, 0.4) is 0 Å². The van der Waals surface area contributed by atoms with Gasteiger partial charge in [-0.1, -0.05) is 66.7 Å². The van der Waals surface area contributed by atoms with Crippen molar-refractivity contribution in [1.29, 1.82) is 0 Å². The molecule has 4 aromatic rings. The zero-order valence-electron chi connectivity index (χ0n) is 20.6. The Morgan fingerprint density at radius 2 is 1.78 bits per heavy atom. The van der Waals surface area contributed by atoms with Gasteiger partial charge in [0.2, 0.25) is 11.8 Å². The van der Waals surface area contributed by atoms with Crippen LogP contribution in [0, 0.1) is 6.92 Å². The van der Waals surface area contributed by atoms with Crippen molar-refractivity contribution in [3.05, 3.63) is 89.7 Å². The molecular weight excluding hydrogens is 448 g/mol. The zero-order valence-corrected chi connectivity index (χ0v) is 20.6. The first-order valence-electron chi connectivity index (χ1n) is 12.7. The van der Waals surface area contributed by atoms with E-state index in [0.717, 1.165) is 40.8 Å². The number of amides is 2. The number of hydrogen-bond donors (Lipinski definition) is 3. The molecule has 0 radical (unpaired) electrons. The smallest absolute Gasteiger partial charge is 0.220 e. The van der Waals surface area contributed by atoms with Crippen LogP contribution in [-0.4, -0.2) is 33.9 Å². The Balaban J connectivity index is 1.16. The number of aryl methyl sites for hydroxylation is 1. The van der Waals surface area contributed by atoms with E-state index in [1.807, 2.05) is 43.3 Å². The number of fused-ring (bicyclic) bond motifs is 1. The van der Waals surface area contributed by atoms with Gasteiger partial charge in [0.05, 0.1) is 11.0 Å². The molecule has 1 fully saturated rings. The van der Waals surface area contributed by atoms with Crippen molar-refractivity contribution in [2.45, 2.75) is 51.0 Å². The highest BCUT2D eigenvalue weighted by Crippen LogP contribution is 2.30. The number of benzene rings is 3. The van der Waals surface area contributed by atoms with E-state index in [-0.39, 0.29) is 17.4 Å². The third-order valence-electron chi connectivity index (χ3n) is 7.12. The number of imidazole rings is 1. The highest BCUT2D eigenvalue weighted by Gasteiger charge is 2.37. The lowest BCUT2D eigenvalue weighted by molar-refractivity contribution is -0.122. The van der Waals surface area contributed by atoms with Gasteiger partial charge in [0.1, 0.15) is 5.82 Å². The van der Waals surface area contributed by atoms with Gasteiger partial charge in [-0.05, 0) is 54.5 Å². The van der Waals surface area contributed by atoms with Gasteiger partial charge in [-0.3, -0.25) is 9.59 Å². The number of nitrogens with one attached hydrogen (secondary N) is 3. The molecule has 2 amide bonds. The second-order valence-electron chi connectivity index (χ2n) is 9.82. The van der Waals surface area contributed by atoms with Crippen molar-refractivity contribution in [3.63, 3.8) is 0 Å². The predicted octanol–water partition coefficient (Wildman–Crippen LogP) is 4.87. The summed E-state index contributed by atoms with van der Waals surface area (Å²) in [5, 5.41) is 6.21. The van der Waals surface area contributed by atoms with Gasteiger partial charge in [0.15, 0.2) is 0 Å². The maximum atomic E-state index is 12.6. The van der Waals surface area contributed by atoms with Crippen LogP contribution in [0.2, 0.25) is 0 Å². The van der Waals surface area contributed by atoms with Gasteiger partial charge in [0, 0.05) is 31.3 Å². The summed E-state index contributed by atoms with van der Waals surface area (Å²) in [5.74, 6) is 0.941. The van der Waals surface area contributed by atoms with Gasteiger partial charge in [0.25, 0.3) is 0 Å². The summed E-state index contributed by atoms with van der Waals surface area (Å²) in [6, 6.07) is 24.9. The summed E-state index contributed by atoms with van der Waals surface area (Å²) in [4.78, 5) is 32.8. The molecule has 0 spiro atoms. The number of nitrogens with zero attached hydrogens (tertiary/aromatic N) is 1. The van der Waals surface area contributed by atoms with Crippen molar-refractivity contribution in [1.82, 2.24) is 20.6 Å². The third-order valence-corrected chi connectivity index (χ3v) is 7.12. The lowest BCUT2D eigenvalue weighted by atomic mass is 9.84. The fourth-order valence-electron chi connectivity index (χ4n) is 5.12. The molecule has 6 nitrogen and oxygen atoms in total. The van der Waals surface area contributed by atoms with Crippen LogP contribution in [-0.2, 0) is 22.4 Å². The SMILES string of the molecule is Cc1cccc2[nH]c(CCNC(=O)CC[C@]3(Cc4ccc(-c5ccccc5)cc4)CCC(=O)N3)nc12. The largest absolute Gasteiger partial charge is 0.356 e. The van der Waals surface area contributed by atoms with E-state index >= 15 is 0 Å². The Labute approximate surface area is 211 Å². The minimum atomic E-state index is -0.376. The molecule has 2 heterocycles. The van der Waals surface area contributed by atoms with Crippen LogP contribution in [0.15, 0.2) is 72.8 Å². The number of rotatable bonds is 9. The third kappa shape index (κ3) is 5.48. The number of hydrogen-bond acceptors (Lipinski definition) is 3. The summed E-state index contributed by atoms with van der Waals surface area (Å²) >= 11 is 0. The average molecular weight is 481 g/mol. The fourth-order valence-corrected chi connectivity index (χ4v) is 5.12. The molecule has 1 aliphatic heterocycles. The van der Waals surface area contributed by atoms with E-state index in [2.05, 4.69) is 57.0 Å². The minimum absolute atomic E-state index is 0.00208. The number of aromatic amines is 1. The van der Waals surface area contributed by atoms with Crippen molar-refractivity contribution in [2.75, 3.05) is 6.54 Å². The van der Waals surface area contributed by atoms with Crippen LogP contribution in [0.4, 0.5) is 0 Å². The van der Waals surface area contributed by atoms with Crippen LogP contribution in [0.1, 0.15) is 42.6 Å². The zero-order chi connectivity index (χ0) is 25.0. The van der Waals surface area contributed by atoms with Gasteiger partial charge < -0.3 is 15.6 Å². The van der Waals surface area contributed by atoms with E-state index in [1.54, 1.807) is 0 Å². The summed E-state index contributed by atoms with van der Waals surface area (Å²) in [7, 11) is 0. The standard InChI is InChI=1S/C30H32N4O2/c1-21-6-5-9-25-29(21)33-26(32-25)16-19-31-27(35)14-17-30(18-15-28(36)34-30)20-22-10-12-24(13-11-22)23-7-3-2-4-8-23/h2-13H,14-20H2,1H3,(H,31,35)(H,32,33)(H,34,36)/t30-/m1/s1. The molecule has 1 aliphatic rings. The van der Waals surface area contributed by atoms with Crippen molar-refractivity contribution < 1.29 is 9.59 Å². The first kappa shape index (κ1) is 23.8. The second kappa shape index (κ2) is 10.4. The van der Waals surface area contributed by atoms with Crippen molar-refractivity contribution >= 4 is 22.8 Å². The summed E-state index contributed by atoms with van der Waals surface area (Å²) in [6.07, 6.45) is 3.62. The lowest BCUT2D eigenvalue weighted by Crippen LogP contribution is -2.44. The van der Waals surface area contributed by atoms with Gasteiger partial charge >= 0.3 is 0 Å². The molecule has 5 rings (SSSR count). The Morgan fingerprint density at radius 1 is 1.00 bits per heavy atom. The molecule has 0 unspecified atom stereocenters. The fraction of sp³-hybridized carbons (Fsp3) is 0.300. The topological polar surface area (TPSA) is 86.9 Å². The van der Waals surface area contributed by atoms with E-state index in [4.69, 9.17) is 0 Å². The Bertz CT molecular complexity index is 1360. The Morgan fingerprint density at radius 3 is 2.50 bits per heavy atom. The maximum Gasteiger partial charge on any atom is 0.220 e. The van der Waals surface area contributed by atoms with Gasteiger partial charge in [-0.25, -0.2) is 4.98 Å². The monoisotopic (exact) mass is 480 g/mol. The van der Waals surface area contributed by atoms with Crippen molar-refractivity contribution in [3.8, 4) is 11.1 Å². The molecule has 0 bridgehead atoms. The predicted molar refractivity (Wildman–Crippen MR) is 142 cm³/mol. The molecule has 1 saturated heterocycles. The molecule has 3 aromatic carbocycles. The van der Waals surface area contributed by atoms with E-state index in [1.165, 1.54) is 11.1 Å². The van der Waals surface area contributed by atoms with Crippen LogP contribution in [0.5, 0.6) is 0 Å². The molecule has 36 heavy (non-hydrogen) atoms. The van der Waals surface area contributed by atoms with E-state index in [9.17, 15) is 9.59 Å². The number of carbonyl (C=O) groups excluding carboxylic acids is 2. The van der Waals surface area contributed by atoms with Gasteiger partial charge in [-0.2, -0.15) is 0 Å². The molecule has 1 atom stereocenters. The quantitative estimate of drug-likeness (QED) is 0.319. The molecule has 184 valence electrons. The number of carbonyl (C=O) groups is 2. The summed E-state index contributed by atoms with van der Waals surface area (Å²) < 4.78 is 0. The maximum absolute atomic E-state index is 12.6. The Kier molecular flexibility index (Phi) is 6.85. The van der Waals surface area contributed by atoms with Crippen LogP contribution in [0.25, 0.3) is 22.2 Å². The minimum Gasteiger partial charge on any atom is -0.356 e. The first-order chi connectivity index (χ1) is 17.5. The molecule has 0 saturated carbocycles. The summed E-state index contributed by atoms with van der Waals surface area (Å²) in [5.41, 5.74) is 6.28. The highest BCUT2D eigenvalue weighted by molar-refractivity contribution is 5.80. The van der Waals surface area contributed by atoms with E-state index in [0.29, 0.717) is 32.2 Å². The lowest BCUT2D eigenvalue weighted by Gasteiger charge is -2.29. The normalized spacial score (nSPS) is 17.3. The molecule has 6 heteroatoms. The molecule has 0 aliphatic carbocycles. The number of H-pyrrole nitrogens is 1. The number of aromatic nitrogens is 2. The number of para-hydroxylation sites is 1. The molecular formula is C30H32N4O2.